The molecule has 1 saturated heterocycles. The molecule has 7 heteroatoms. The fourth-order valence-electron chi connectivity index (χ4n) is 4.40. The molecule has 2 bridgehead atoms. The highest BCUT2D eigenvalue weighted by atomic mass is 32.1. The van der Waals surface area contributed by atoms with Crippen LogP contribution in [0, 0.1) is 23.7 Å². The molecule has 3 amide bonds. The molecule has 1 aromatic heterocycles. The number of carbonyl (C=O) groups excluding carboxylic acids is 3. The predicted molar refractivity (Wildman–Crippen MR) is 96.7 cm³/mol. The third-order valence-electron chi connectivity index (χ3n) is 5.49. The van der Waals surface area contributed by atoms with Crippen LogP contribution in [0.3, 0.4) is 0 Å². The van der Waals surface area contributed by atoms with Gasteiger partial charge in [-0.15, -0.1) is 11.3 Å². The summed E-state index contributed by atoms with van der Waals surface area (Å²) in [4.78, 5) is 43.5. The average molecular weight is 365 g/mol. The molecule has 1 aliphatic heterocycles. The molecular formula is C19H15N3O3S. The second kappa shape index (κ2) is 5.60. The van der Waals surface area contributed by atoms with E-state index in [9.17, 15) is 14.4 Å². The summed E-state index contributed by atoms with van der Waals surface area (Å²) in [6.45, 7) is 0. The number of nitrogens with zero attached hydrogens (tertiary/aromatic N) is 2. The number of hydrogen-bond acceptors (Lipinski definition) is 5. The van der Waals surface area contributed by atoms with Gasteiger partial charge in [0.2, 0.25) is 11.8 Å². The second-order valence-corrected chi connectivity index (χ2v) is 7.75. The van der Waals surface area contributed by atoms with Crippen molar-refractivity contribution in [3.05, 3.63) is 53.6 Å². The number of aromatic nitrogens is 1. The summed E-state index contributed by atoms with van der Waals surface area (Å²) in [6.07, 6.45) is 6.65. The van der Waals surface area contributed by atoms with Gasteiger partial charge < -0.3 is 0 Å². The zero-order valence-corrected chi connectivity index (χ0v) is 14.5. The lowest BCUT2D eigenvalue weighted by molar-refractivity contribution is -0.123. The first kappa shape index (κ1) is 15.5. The lowest BCUT2D eigenvalue weighted by atomic mass is 9.85. The molecule has 6 nitrogen and oxygen atoms in total. The summed E-state index contributed by atoms with van der Waals surface area (Å²) in [5.41, 5.74) is 0.844. The van der Waals surface area contributed by atoms with E-state index >= 15 is 0 Å². The average Bonchev–Trinajstić information content (AvgIpc) is 3.41. The normalized spacial score (nSPS) is 28.7. The molecule has 2 aromatic rings. The van der Waals surface area contributed by atoms with Crippen LogP contribution in [0.2, 0.25) is 0 Å². The molecule has 2 aliphatic carbocycles. The van der Waals surface area contributed by atoms with Gasteiger partial charge in [-0.3, -0.25) is 19.7 Å². The van der Waals surface area contributed by atoms with Crippen LogP contribution in [-0.2, 0) is 9.59 Å². The van der Waals surface area contributed by atoms with Crippen molar-refractivity contribution in [3.63, 3.8) is 0 Å². The Labute approximate surface area is 153 Å². The monoisotopic (exact) mass is 365 g/mol. The summed E-state index contributed by atoms with van der Waals surface area (Å²) in [6, 6.07) is 6.64. The number of fused-ring (bicyclic) bond motifs is 5. The summed E-state index contributed by atoms with van der Waals surface area (Å²) in [5, 5.41) is 4.99. The molecule has 2 fully saturated rings. The van der Waals surface area contributed by atoms with Crippen molar-refractivity contribution in [1.29, 1.82) is 0 Å². The van der Waals surface area contributed by atoms with Gasteiger partial charge in [0.05, 0.1) is 17.5 Å². The molecule has 130 valence electrons. The highest BCUT2D eigenvalue weighted by molar-refractivity contribution is 7.13. The van der Waals surface area contributed by atoms with Gasteiger partial charge in [0, 0.05) is 17.1 Å². The molecule has 4 atom stereocenters. The molecule has 1 saturated carbocycles. The Balaban J connectivity index is 1.43. The van der Waals surface area contributed by atoms with Crippen molar-refractivity contribution in [1.82, 2.24) is 4.98 Å². The van der Waals surface area contributed by atoms with Gasteiger partial charge in [0.15, 0.2) is 5.13 Å². The molecule has 0 radical (unpaired) electrons. The maximum absolute atomic E-state index is 12.9. The lowest BCUT2D eigenvalue weighted by Gasteiger charge is -2.18. The summed E-state index contributed by atoms with van der Waals surface area (Å²) in [7, 11) is 0. The van der Waals surface area contributed by atoms with Gasteiger partial charge in [-0.1, -0.05) is 18.2 Å². The van der Waals surface area contributed by atoms with Crippen LogP contribution in [-0.4, -0.2) is 22.7 Å². The number of carbonyl (C=O) groups is 3. The van der Waals surface area contributed by atoms with E-state index in [4.69, 9.17) is 0 Å². The molecule has 5 rings (SSSR count). The Morgan fingerprint density at radius 3 is 2.54 bits per heavy atom. The van der Waals surface area contributed by atoms with Gasteiger partial charge in [-0.05, 0) is 36.5 Å². The van der Waals surface area contributed by atoms with Crippen molar-refractivity contribution >= 4 is 39.9 Å². The topological polar surface area (TPSA) is 79.4 Å². The van der Waals surface area contributed by atoms with Crippen molar-refractivity contribution in [3.8, 4) is 0 Å². The molecule has 26 heavy (non-hydrogen) atoms. The SMILES string of the molecule is O=C(Nc1nccs1)c1cccc(N2C(=O)[C@@H]3[C@H](C2=O)[C@H]2C=C[C@H]3C2)c1. The lowest BCUT2D eigenvalue weighted by Crippen LogP contribution is -2.33. The van der Waals surface area contributed by atoms with E-state index in [1.807, 2.05) is 0 Å². The summed E-state index contributed by atoms with van der Waals surface area (Å²) >= 11 is 1.33. The van der Waals surface area contributed by atoms with E-state index in [-0.39, 0.29) is 41.4 Å². The maximum Gasteiger partial charge on any atom is 0.257 e. The number of thiazole rings is 1. The number of rotatable bonds is 3. The highest BCUT2D eigenvalue weighted by Crippen LogP contribution is 2.53. The standard InChI is InChI=1S/C19H15N3O3S/c23-16(21-19-20-6-7-26-19)12-2-1-3-13(9-12)22-17(24)14-10-4-5-11(8-10)15(14)18(22)25/h1-7,9-11,14-15H,8H2,(H,20,21,23)/t10-,11-,14-,15+/m0/s1. The van der Waals surface area contributed by atoms with Crippen LogP contribution in [0.25, 0.3) is 0 Å². The molecule has 3 aliphatic rings. The number of amides is 3. The highest BCUT2D eigenvalue weighted by Gasteiger charge is 2.59. The third-order valence-corrected chi connectivity index (χ3v) is 6.18. The zero-order valence-electron chi connectivity index (χ0n) is 13.7. The Morgan fingerprint density at radius 1 is 1.15 bits per heavy atom. The van der Waals surface area contributed by atoms with Crippen LogP contribution in [0.4, 0.5) is 10.8 Å². The van der Waals surface area contributed by atoms with Gasteiger partial charge in [-0.25, -0.2) is 9.88 Å². The minimum Gasteiger partial charge on any atom is -0.298 e. The van der Waals surface area contributed by atoms with Gasteiger partial charge in [0.1, 0.15) is 0 Å². The van der Waals surface area contributed by atoms with E-state index < -0.39 is 0 Å². The summed E-state index contributed by atoms with van der Waals surface area (Å²) < 4.78 is 0. The predicted octanol–water partition coefficient (Wildman–Crippen LogP) is 2.71. The first-order chi connectivity index (χ1) is 12.6. The zero-order chi connectivity index (χ0) is 17.8. The van der Waals surface area contributed by atoms with Gasteiger partial charge in [0.25, 0.3) is 5.91 Å². The number of anilines is 2. The Hall–Kier alpha value is -2.80. The molecule has 1 N–H and O–H groups in total. The Bertz CT molecular complexity index is 923. The van der Waals surface area contributed by atoms with Crippen molar-refractivity contribution in [2.24, 2.45) is 23.7 Å². The van der Waals surface area contributed by atoms with Gasteiger partial charge in [-0.2, -0.15) is 0 Å². The largest absolute Gasteiger partial charge is 0.298 e. The van der Waals surface area contributed by atoms with Crippen LogP contribution in [0.15, 0.2) is 48.0 Å². The first-order valence-electron chi connectivity index (χ1n) is 8.50. The van der Waals surface area contributed by atoms with Crippen molar-refractivity contribution in [2.45, 2.75) is 6.42 Å². The second-order valence-electron chi connectivity index (χ2n) is 6.85. The smallest absolute Gasteiger partial charge is 0.257 e. The van der Waals surface area contributed by atoms with E-state index in [2.05, 4.69) is 22.5 Å². The fourth-order valence-corrected chi connectivity index (χ4v) is 4.92. The van der Waals surface area contributed by atoms with Crippen molar-refractivity contribution < 1.29 is 14.4 Å². The summed E-state index contributed by atoms with van der Waals surface area (Å²) in [5.74, 6) is -0.757. The van der Waals surface area contributed by atoms with Crippen molar-refractivity contribution in [2.75, 3.05) is 10.2 Å². The Morgan fingerprint density at radius 2 is 1.88 bits per heavy atom. The van der Waals surface area contributed by atoms with Gasteiger partial charge >= 0.3 is 0 Å². The number of imide groups is 1. The van der Waals surface area contributed by atoms with E-state index in [1.54, 1.807) is 35.8 Å². The third kappa shape index (κ3) is 2.17. The van der Waals surface area contributed by atoms with Crippen LogP contribution in [0.1, 0.15) is 16.8 Å². The minimum absolute atomic E-state index is 0.144. The quantitative estimate of drug-likeness (QED) is 0.670. The minimum atomic E-state index is -0.317. The number of hydrogen-bond donors (Lipinski definition) is 1. The fraction of sp³-hybridized carbons (Fsp3) is 0.263. The van der Waals surface area contributed by atoms with Crippen LogP contribution in [0.5, 0.6) is 0 Å². The maximum atomic E-state index is 12.9. The van der Waals surface area contributed by atoms with Crippen LogP contribution < -0.4 is 10.2 Å². The number of nitrogens with one attached hydrogen (secondary N) is 1. The molecular weight excluding hydrogens is 350 g/mol. The molecule has 2 heterocycles. The molecule has 0 spiro atoms. The molecule has 0 unspecified atom stereocenters. The molecule has 1 aromatic carbocycles. The first-order valence-corrected chi connectivity index (χ1v) is 9.38. The van der Waals surface area contributed by atoms with E-state index in [1.165, 1.54) is 16.2 Å². The number of benzene rings is 1. The van der Waals surface area contributed by atoms with E-state index in [0.717, 1.165) is 6.42 Å². The van der Waals surface area contributed by atoms with Crippen LogP contribution >= 0.6 is 11.3 Å². The number of allylic oxidation sites excluding steroid dienone is 2. The Kier molecular flexibility index (Phi) is 3.33. The van der Waals surface area contributed by atoms with E-state index in [0.29, 0.717) is 16.4 Å².